The van der Waals surface area contributed by atoms with Gasteiger partial charge in [0.2, 0.25) is 0 Å². The van der Waals surface area contributed by atoms with Crippen LogP contribution in [0.3, 0.4) is 0 Å². The molecular weight excluding hydrogens is 248 g/mol. The lowest BCUT2D eigenvalue weighted by Gasteiger charge is -2.02. The van der Waals surface area contributed by atoms with Crippen LogP contribution in [0.4, 0.5) is 0 Å². The Bertz CT molecular complexity index is 463. The summed E-state index contributed by atoms with van der Waals surface area (Å²) in [5, 5.41) is 0. The van der Waals surface area contributed by atoms with Gasteiger partial charge in [0.15, 0.2) is 0 Å². The lowest BCUT2D eigenvalue weighted by Crippen LogP contribution is -1.95. The molecule has 18 heavy (non-hydrogen) atoms. The van der Waals surface area contributed by atoms with Crippen molar-refractivity contribution in [3.05, 3.63) is 60.7 Å². The molecule has 1 aromatic carbocycles. The number of halogens is 1. The van der Waals surface area contributed by atoms with Crippen LogP contribution in [0.15, 0.2) is 55.1 Å². The summed E-state index contributed by atoms with van der Waals surface area (Å²) in [6.07, 6.45) is 9.59. The first-order valence-electron chi connectivity index (χ1n) is 5.65. The lowest BCUT2D eigenvalue weighted by molar-refractivity contribution is 0.362. The average Bonchev–Trinajstić information content (AvgIpc) is 2.84. The van der Waals surface area contributed by atoms with Crippen molar-refractivity contribution in [2.24, 2.45) is 0 Å². The molecule has 0 radical (unpaired) electrons. The smallest absolute Gasteiger partial charge is 0.119 e. The number of aromatic nitrogens is 2. The zero-order valence-electron chi connectivity index (χ0n) is 10.3. The second-order valence-corrected chi connectivity index (χ2v) is 3.85. The minimum absolute atomic E-state index is 0. The number of ether oxygens (including phenoxy) is 1. The van der Waals surface area contributed by atoms with Gasteiger partial charge in [0.1, 0.15) is 12.4 Å². The van der Waals surface area contributed by atoms with Crippen LogP contribution < -0.4 is 4.74 Å². The van der Waals surface area contributed by atoms with Crippen LogP contribution in [0.1, 0.15) is 5.56 Å². The summed E-state index contributed by atoms with van der Waals surface area (Å²) >= 11 is 0. The molecular formula is C14H17ClN2O. The van der Waals surface area contributed by atoms with E-state index in [9.17, 15) is 0 Å². The molecule has 2 rings (SSSR count). The van der Waals surface area contributed by atoms with E-state index >= 15 is 0 Å². The molecule has 4 heteroatoms. The van der Waals surface area contributed by atoms with E-state index < -0.39 is 0 Å². The van der Waals surface area contributed by atoms with Crippen molar-refractivity contribution in [3.8, 4) is 5.75 Å². The molecule has 3 nitrogen and oxygen atoms in total. The Morgan fingerprint density at radius 2 is 2.00 bits per heavy atom. The summed E-state index contributed by atoms with van der Waals surface area (Å²) in [4.78, 5) is 3.97. The van der Waals surface area contributed by atoms with Gasteiger partial charge in [-0.1, -0.05) is 23.8 Å². The van der Waals surface area contributed by atoms with Gasteiger partial charge in [-0.3, -0.25) is 0 Å². The van der Waals surface area contributed by atoms with Gasteiger partial charge in [0.25, 0.3) is 0 Å². The zero-order chi connectivity index (χ0) is 11.9. The molecule has 0 aliphatic heterocycles. The second-order valence-electron chi connectivity index (χ2n) is 3.85. The third kappa shape index (κ3) is 4.63. The highest BCUT2D eigenvalue weighted by Crippen LogP contribution is 2.10. The zero-order valence-corrected chi connectivity index (χ0v) is 11.1. The van der Waals surface area contributed by atoms with Crippen LogP contribution in [0, 0.1) is 6.92 Å². The maximum Gasteiger partial charge on any atom is 0.119 e. The van der Waals surface area contributed by atoms with Crippen LogP contribution in [0.5, 0.6) is 5.75 Å². The van der Waals surface area contributed by atoms with E-state index in [2.05, 4.69) is 18.0 Å². The molecule has 0 aliphatic rings. The molecule has 0 atom stereocenters. The van der Waals surface area contributed by atoms with E-state index in [1.165, 1.54) is 5.56 Å². The number of benzene rings is 1. The number of aryl methyl sites for hydroxylation is 1. The Morgan fingerprint density at radius 1 is 1.22 bits per heavy atom. The van der Waals surface area contributed by atoms with Crippen LogP contribution in [0.25, 0.3) is 0 Å². The van der Waals surface area contributed by atoms with Crippen molar-refractivity contribution in [2.75, 3.05) is 6.61 Å². The maximum atomic E-state index is 5.57. The van der Waals surface area contributed by atoms with E-state index in [-0.39, 0.29) is 12.4 Å². The maximum absolute atomic E-state index is 5.57. The molecule has 0 N–H and O–H groups in total. The predicted molar refractivity (Wildman–Crippen MR) is 75.3 cm³/mol. The topological polar surface area (TPSA) is 27.1 Å². The molecule has 0 saturated heterocycles. The van der Waals surface area contributed by atoms with Crippen molar-refractivity contribution in [1.29, 1.82) is 0 Å². The van der Waals surface area contributed by atoms with Crippen LogP contribution in [0.2, 0.25) is 0 Å². The second kappa shape index (κ2) is 7.56. The highest BCUT2D eigenvalue weighted by atomic mass is 35.5. The van der Waals surface area contributed by atoms with Crippen molar-refractivity contribution < 1.29 is 4.74 Å². The Hall–Kier alpha value is -1.74. The fourth-order valence-corrected chi connectivity index (χ4v) is 1.44. The number of allylic oxidation sites excluding steroid dienone is 1. The summed E-state index contributed by atoms with van der Waals surface area (Å²) in [7, 11) is 0. The van der Waals surface area contributed by atoms with Crippen molar-refractivity contribution in [1.82, 2.24) is 9.55 Å². The molecule has 0 spiro atoms. The minimum atomic E-state index is 0. The fourth-order valence-electron chi connectivity index (χ4n) is 1.44. The Balaban J connectivity index is 0.00000162. The van der Waals surface area contributed by atoms with Gasteiger partial charge in [0, 0.05) is 18.9 Å². The number of hydrogen-bond acceptors (Lipinski definition) is 2. The lowest BCUT2D eigenvalue weighted by atomic mass is 10.2. The van der Waals surface area contributed by atoms with Gasteiger partial charge >= 0.3 is 0 Å². The van der Waals surface area contributed by atoms with E-state index in [0.29, 0.717) is 6.61 Å². The van der Waals surface area contributed by atoms with Crippen LogP contribution in [-0.2, 0) is 6.54 Å². The van der Waals surface area contributed by atoms with Gasteiger partial charge in [0.05, 0.1) is 6.33 Å². The van der Waals surface area contributed by atoms with Gasteiger partial charge in [-0.25, -0.2) is 4.98 Å². The van der Waals surface area contributed by atoms with E-state index in [0.717, 1.165) is 12.3 Å². The van der Waals surface area contributed by atoms with E-state index in [1.807, 2.05) is 41.1 Å². The average molecular weight is 265 g/mol. The normalized spacial score (nSPS) is 10.3. The van der Waals surface area contributed by atoms with Gasteiger partial charge in [-0.2, -0.15) is 0 Å². The van der Waals surface area contributed by atoms with E-state index in [4.69, 9.17) is 4.74 Å². The van der Waals surface area contributed by atoms with Crippen molar-refractivity contribution in [3.63, 3.8) is 0 Å². The molecule has 0 unspecified atom stereocenters. The first-order chi connectivity index (χ1) is 8.34. The Labute approximate surface area is 114 Å². The summed E-state index contributed by atoms with van der Waals surface area (Å²) in [5.41, 5.74) is 1.24. The molecule has 96 valence electrons. The number of nitrogens with zero attached hydrogens (tertiary/aromatic N) is 2. The third-order valence-corrected chi connectivity index (χ3v) is 2.41. The molecule has 2 aromatic rings. The minimum Gasteiger partial charge on any atom is -0.490 e. The van der Waals surface area contributed by atoms with Gasteiger partial charge in [-0.05, 0) is 25.1 Å². The van der Waals surface area contributed by atoms with Gasteiger partial charge < -0.3 is 9.30 Å². The third-order valence-electron chi connectivity index (χ3n) is 2.41. The van der Waals surface area contributed by atoms with Crippen LogP contribution >= 0.6 is 12.4 Å². The monoisotopic (exact) mass is 264 g/mol. The molecule has 1 heterocycles. The molecule has 0 bridgehead atoms. The molecule has 0 amide bonds. The number of imidazole rings is 1. The highest BCUT2D eigenvalue weighted by Gasteiger charge is 1.90. The molecule has 1 aromatic heterocycles. The quantitative estimate of drug-likeness (QED) is 0.775. The summed E-state index contributed by atoms with van der Waals surface area (Å²) < 4.78 is 7.57. The van der Waals surface area contributed by atoms with Crippen LogP contribution in [-0.4, -0.2) is 16.2 Å². The largest absolute Gasteiger partial charge is 0.490 e. The Morgan fingerprint density at radius 3 is 2.67 bits per heavy atom. The standard InChI is InChI=1S/C14H16N2O.ClH/c1-13-4-6-14(7-5-13)17-11-3-2-9-16-10-8-15-12-16;/h2-8,10,12H,9,11H2,1H3;1H/b3-2+;. The molecule has 0 aliphatic carbocycles. The summed E-state index contributed by atoms with van der Waals surface area (Å²) in [6.45, 7) is 3.49. The summed E-state index contributed by atoms with van der Waals surface area (Å²) in [5.74, 6) is 0.905. The summed E-state index contributed by atoms with van der Waals surface area (Å²) in [6, 6.07) is 8.06. The predicted octanol–water partition coefficient (Wildman–Crippen LogP) is 3.25. The first kappa shape index (κ1) is 14.3. The Kier molecular flexibility index (Phi) is 6.01. The number of hydrogen-bond donors (Lipinski definition) is 0. The number of rotatable bonds is 5. The van der Waals surface area contributed by atoms with E-state index in [1.54, 1.807) is 12.5 Å². The highest BCUT2D eigenvalue weighted by molar-refractivity contribution is 5.85. The SMILES string of the molecule is Cc1ccc(OC/C=C/Cn2ccnc2)cc1.Cl. The first-order valence-corrected chi connectivity index (χ1v) is 5.65. The van der Waals surface area contributed by atoms with Gasteiger partial charge in [-0.15, -0.1) is 12.4 Å². The molecule has 0 saturated carbocycles. The van der Waals surface area contributed by atoms with Crippen molar-refractivity contribution >= 4 is 12.4 Å². The van der Waals surface area contributed by atoms with Crippen molar-refractivity contribution in [2.45, 2.75) is 13.5 Å². The fraction of sp³-hybridized carbons (Fsp3) is 0.214. The molecule has 0 fully saturated rings.